The predicted molar refractivity (Wildman–Crippen MR) is 68.3 cm³/mol. The Kier molecular flexibility index (Phi) is 3.94. The second-order valence-electron chi connectivity index (χ2n) is 4.38. The first kappa shape index (κ1) is 11.9. The van der Waals surface area contributed by atoms with E-state index in [4.69, 9.17) is 5.73 Å². The maximum Gasteiger partial charge on any atom is 0.241 e. The topological polar surface area (TPSA) is 55.1 Å². The van der Waals surface area contributed by atoms with Crippen molar-refractivity contribution < 1.29 is 4.79 Å². The van der Waals surface area contributed by atoms with E-state index in [1.807, 2.05) is 30.3 Å². The molecule has 0 aromatic heterocycles. The number of nitrogens with two attached hydrogens (primary N) is 1. The molecule has 3 N–H and O–H groups in total. The van der Waals surface area contributed by atoms with Crippen LogP contribution in [0.3, 0.4) is 0 Å². The lowest BCUT2D eigenvalue weighted by atomic mass is 10.0. The molecular weight excluding hydrogens is 212 g/mol. The quantitative estimate of drug-likeness (QED) is 0.779. The molecule has 17 heavy (non-hydrogen) atoms. The van der Waals surface area contributed by atoms with Gasteiger partial charge in [0.25, 0.3) is 0 Å². The van der Waals surface area contributed by atoms with Crippen molar-refractivity contribution in [2.75, 3.05) is 0 Å². The third-order valence-electron chi connectivity index (χ3n) is 3.06. The van der Waals surface area contributed by atoms with Gasteiger partial charge in [0.2, 0.25) is 5.91 Å². The van der Waals surface area contributed by atoms with E-state index in [0.717, 1.165) is 24.8 Å². The van der Waals surface area contributed by atoms with Gasteiger partial charge in [0.1, 0.15) is 6.04 Å². The second kappa shape index (κ2) is 5.64. The zero-order chi connectivity index (χ0) is 12.1. The highest BCUT2D eigenvalue weighted by Crippen LogP contribution is 2.13. The number of carbonyl (C=O) groups excluding carboxylic acids is 1. The summed E-state index contributed by atoms with van der Waals surface area (Å²) in [5, 5.41) is 3.00. The van der Waals surface area contributed by atoms with Crippen molar-refractivity contribution in [3.63, 3.8) is 0 Å². The molecule has 90 valence electrons. The van der Waals surface area contributed by atoms with Crippen LogP contribution in [-0.2, 0) is 4.79 Å². The van der Waals surface area contributed by atoms with Crippen LogP contribution in [0.25, 0.3) is 0 Å². The molecule has 0 saturated carbocycles. The van der Waals surface area contributed by atoms with Crippen LogP contribution in [0.1, 0.15) is 30.9 Å². The van der Waals surface area contributed by atoms with Crippen molar-refractivity contribution >= 4 is 5.91 Å². The average molecular weight is 230 g/mol. The number of hydrogen-bond donors (Lipinski definition) is 2. The number of nitrogens with one attached hydrogen (secondary N) is 1. The minimum absolute atomic E-state index is 0.0866. The van der Waals surface area contributed by atoms with Gasteiger partial charge in [-0.05, 0) is 24.8 Å². The molecule has 0 aliphatic heterocycles. The molecule has 1 aliphatic rings. The molecule has 1 aliphatic carbocycles. The maximum absolute atomic E-state index is 12.0. The Hall–Kier alpha value is -1.61. The van der Waals surface area contributed by atoms with E-state index >= 15 is 0 Å². The average Bonchev–Trinajstić information content (AvgIpc) is 2.40. The summed E-state index contributed by atoms with van der Waals surface area (Å²) in [4.78, 5) is 12.0. The summed E-state index contributed by atoms with van der Waals surface area (Å²) < 4.78 is 0. The summed E-state index contributed by atoms with van der Waals surface area (Å²) in [6.45, 7) is 0. The number of benzene rings is 1. The standard InChI is InChI=1S/C14H18N2O/c15-13(11-7-3-1-4-8-11)14(17)16-12-9-5-2-6-10-12/h1-5,7-8,12-13H,6,9-10,15H2,(H,16,17)/t12?,13-/m1/s1. The van der Waals surface area contributed by atoms with Crippen LogP contribution in [0, 0.1) is 0 Å². The normalized spacial score (nSPS) is 20.9. The highest BCUT2D eigenvalue weighted by Gasteiger charge is 2.19. The molecule has 2 atom stereocenters. The molecule has 0 bridgehead atoms. The summed E-state index contributed by atoms with van der Waals surface area (Å²) in [7, 11) is 0. The Labute approximate surface area is 102 Å². The molecule has 1 amide bonds. The van der Waals surface area contributed by atoms with Gasteiger partial charge in [-0.15, -0.1) is 0 Å². The lowest BCUT2D eigenvalue weighted by Gasteiger charge is -2.21. The summed E-state index contributed by atoms with van der Waals surface area (Å²) >= 11 is 0. The Morgan fingerprint density at radius 3 is 2.71 bits per heavy atom. The predicted octanol–water partition coefficient (Wildman–Crippen LogP) is 1.91. The van der Waals surface area contributed by atoms with E-state index in [0.29, 0.717) is 0 Å². The minimum Gasteiger partial charge on any atom is -0.351 e. The number of rotatable bonds is 3. The van der Waals surface area contributed by atoms with Crippen LogP contribution >= 0.6 is 0 Å². The van der Waals surface area contributed by atoms with Gasteiger partial charge in [-0.25, -0.2) is 0 Å². The fourth-order valence-electron chi connectivity index (χ4n) is 2.03. The Bertz CT molecular complexity index is 400. The van der Waals surface area contributed by atoms with Gasteiger partial charge in [-0.2, -0.15) is 0 Å². The minimum atomic E-state index is -0.567. The van der Waals surface area contributed by atoms with Crippen LogP contribution < -0.4 is 11.1 Å². The molecular formula is C14H18N2O. The van der Waals surface area contributed by atoms with Crippen molar-refractivity contribution in [3.8, 4) is 0 Å². The Morgan fingerprint density at radius 2 is 2.06 bits per heavy atom. The Balaban J connectivity index is 1.93. The second-order valence-corrected chi connectivity index (χ2v) is 4.38. The van der Waals surface area contributed by atoms with Gasteiger partial charge in [0.15, 0.2) is 0 Å². The zero-order valence-electron chi connectivity index (χ0n) is 9.80. The Morgan fingerprint density at radius 1 is 1.29 bits per heavy atom. The first-order valence-electron chi connectivity index (χ1n) is 6.03. The summed E-state index contributed by atoms with van der Waals surface area (Å²) in [5.41, 5.74) is 6.78. The van der Waals surface area contributed by atoms with Gasteiger partial charge >= 0.3 is 0 Å². The third kappa shape index (κ3) is 3.17. The summed E-state index contributed by atoms with van der Waals surface area (Å²) in [6, 6.07) is 9.14. The van der Waals surface area contributed by atoms with Crippen LogP contribution in [0.15, 0.2) is 42.5 Å². The molecule has 1 aromatic rings. The largest absolute Gasteiger partial charge is 0.351 e. The van der Waals surface area contributed by atoms with E-state index in [1.54, 1.807) is 0 Å². The molecule has 2 rings (SSSR count). The number of allylic oxidation sites excluding steroid dienone is 1. The van der Waals surface area contributed by atoms with Crippen LogP contribution in [-0.4, -0.2) is 11.9 Å². The fourth-order valence-corrected chi connectivity index (χ4v) is 2.03. The number of hydrogen-bond acceptors (Lipinski definition) is 2. The van der Waals surface area contributed by atoms with Gasteiger partial charge in [-0.1, -0.05) is 42.5 Å². The maximum atomic E-state index is 12.0. The smallest absolute Gasteiger partial charge is 0.241 e. The fraction of sp³-hybridized carbons (Fsp3) is 0.357. The SMILES string of the molecule is N[C@@H](C(=O)NC1CC=CCC1)c1ccccc1. The third-order valence-corrected chi connectivity index (χ3v) is 3.06. The van der Waals surface area contributed by atoms with Gasteiger partial charge < -0.3 is 11.1 Å². The van der Waals surface area contributed by atoms with Crippen molar-refractivity contribution in [1.29, 1.82) is 0 Å². The molecule has 1 unspecified atom stereocenters. The van der Waals surface area contributed by atoms with Crippen molar-refractivity contribution in [2.24, 2.45) is 5.73 Å². The molecule has 0 radical (unpaired) electrons. The summed E-state index contributed by atoms with van der Waals surface area (Å²) in [6.07, 6.45) is 7.21. The van der Waals surface area contributed by atoms with Gasteiger partial charge in [-0.3, -0.25) is 4.79 Å². The van der Waals surface area contributed by atoms with Crippen molar-refractivity contribution in [1.82, 2.24) is 5.32 Å². The van der Waals surface area contributed by atoms with E-state index in [-0.39, 0.29) is 11.9 Å². The van der Waals surface area contributed by atoms with Crippen LogP contribution in [0.5, 0.6) is 0 Å². The van der Waals surface area contributed by atoms with E-state index in [1.165, 1.54) is 0 Å². The van der Waals surface area contributed by atoms with Crippen molar-refractivity contribution in [2.45, 2.75) is 31.3 Å². The highest BCUT2D eigenvalue weighted by molar-refractivity contribution is 5.83. The number of amides is 1. The zero-order valence-corrected chi connectivity index (χ0v) is 9.80. The molecule has 0 fully saturated rings. The van der Waals surface area contributed by atoms with Crippen LogP contribution in [0.4, 0.5) is 0 Å². The molecule has 3 heteroatoms. The van der Waals surface area contributed by atoms with Crippen LogP contribution in [0.2, 0.25) is 0 Å². The van der Waals surface area contributed by atoms with E-state index < -0.39 is 6.04 Å². The lowest BCUT2D eigenvalue weighted by molar-refractivity contribution is -0.123. The summed E-state index contributed by atoms with van der Waals surface area (Å²) in [5.74, 6) is -0.0866. The molecule has 3 nitrogen and oxygen atoms in total. The first-order valence-corrected chi connectivity index (χ1v) is 6.03. The van der Waals surface area contributed by atoms with Crippen molar-refractivity contribution in [3.05, 3.63) is 48.0 Å². The molecule has 1 aromatic carbocycles. The highest BCUT2D eigenvalue weighted by atomic mass is 16.2. The lowest BCUT2D eigenvalue weighted by Crippen LogP contribution is -2.41. The molecule has 0 heterocycles. The van der Waals surface area contributed by atoms with Gasteiger partial charge in [0.05, 0.1) is 0 Å². The molecule has 0 spiro atoms. The van der Waals surface area contributed by atoms with E-state index in [2.05, 4.69) is 17.5 Å². The van der Waals surface area contributed by atoms with E-state index in [9.17, 15) is 4.79 Å². The first-order chi connectivity index (χ1) is 8.27. The molecule has 0 saturated heterocycles. The number of carbonyl (C=O) groups is 1. The monoisotopic (exact) mass is 230 g/mol. The van der Waals surface area contributed by atoms with Gasteiger partial charge in [0, 0.05) is 6.04 Å².